The zero-order valence-electron chi connectivity index (χ0n) is 17.8. The zero-order chi connectivity index (χ0) is 22.0. The first-order valence-electron chi connectivity index (χ1n) is 10.5. The summed E-state index contributed by atoms with van der Waals surface area (Å²) in [6, 6.07) is 10.8. The van der Waals surface area contributed by atoms with E-state index in [1.165, 1.54) is 12.1 Å². The van der Waals surface area contributed by atoms with Crippen LogP contribution in [-0.4, -0.2) is 67.4 Å². The van der Waals surface area contributed by atoms with E-state index >= 15 is 0 Å². The topological polar surface area (TPSA) is 66.2 Å². The minimum Gasteiger partial charge on any atom is -0.491 e. The van der Waals surface area contributed by atoms with Crippen molar-refractivity contribution in [1.29, 1.82) is 0 Å². The lowest BCUT2D eigenvalue weighted by molar-refractivity contribution is 0.0505. The lowest BCUT2D eigenvalue weighted by Crippen LogP contribution is -2.47. The van der Waals surface area contributed by atoms with Crippen molar-refractivity contribution in [3.63, 3.8) is 0 Å². The average molecular weight is 426 g/mol. The Hall–Kier alpha value is -2.74. The van der Waals surface area contributed by atoms with Crippen molar-refractivity contribution in [2.24, 2.45) is 0 Å². The number of ether oxygens (including phenoxy) is 1. The second-order valence-corrected chi connectivity index (χ2v) is 8.10. The van der Waals surface area contributed by atoms with Crippen molar-refractivity contribution >= 4 is 11.0 Å². The summed E-state index contributed by atoms with van der Waals surface area (Å²) in [5, 5.41) is 10.8. The maximum Gasteiger partial charge on any atom is 0.200 e. The van der Waals surface area contributed by atoms with Crippen molar-refractivity contribution in [2.45, 2.75) is 13.0 Å². The highest BCUT2D eigenvalue weighted by Crippen LogP contribution is 2.26. The van der Waals surface area contributed by atoms with Gasteiger partial charge in [-0.15, -0.1) is 0 Å². The predicted molar refractivity (Wildman–Crippen MR) is 118 cm³/mol. The highest BCUT2D eigenvalue weighted by Gasteiger charge is 2.18. The third-order valence-corrected chi connectivity index (χ3v) is 5.68. The van der Waals surface area contributed by atoms with Crippen molar-refractivity contribution in [1.82, 2.24) is 9.80 Å². The Morgan fingerprint density at radius 3 is 2.55 bits per heavy atom. The number of β-amino-alcohol motifs (C(OH)–C–C–N with tert-alkyl or cyclic N) is 1. The van der Waals surface area contributed by atoms with Gasteiger partial charge in [-0.25, -0.2) is 4.39 Å². The van der Waals surface area contributed by atoms with Crippen LogP contribution < -0.4 is 10.2 Å². The summed E-state index contributed by atoms with van der Waals surface area (Å²) >= 11 is 0. The largest absolute Gasteiger partial charge is 0.491 e. The molecule has 1 saturated heterocycles. The molecule has 2 heterocycles. The summed E-state index contributed by atoms with van der Waals surface area (Å²) in [6.07, 6.45) is -0.603. The van der Waals surface area contributed by atoms with E-state index in [-0.39, 0.29) is 17.9 Å². The van der Waals surface area contributed by atoms with Crippen LogP contribution in [-0.2, 0) is 0 Å². The van der Waals surface area contributed by atoms with Crippen molar-refractivity contribution in [3.8, 4) is 16.9 Å². The Morgan fingerprint density at radius 2 is 1.84 bits per heavy atom. The van der Waals surface area contributed by atoms with Gasteiger partial charge in [-0.2, -0.15) is 0 Å². The van der Waals surface area contributed by atoms with E-state index in [2.05, 4.69) is 16.8 Å². The molecule has 1 aliphatic heterocycles. The second kappa shape index (κ2) is 9.18. The first kappa shape index (κ1) is 21.5. The number of hydrogen-bond donors (Lipinski definition) is 1. The molecule has 3 aromatic rings. The third kappa shape index (κ3) is 4.95. The molecule has 1 aliphatic rings. The van der Waals surface area contributed by atoms with Gasteiger partial charge in [0.1, 0.15) is 35.6 Å². The van der Waals surface area contributed by atoms with Crippen LogP contribution in [0.5, 0.6) is 5.75 Å². The van der Waals surface area contributed by atoms with Crippen LogP contribution in [0.3, 0.4) is 0 Å². The van der Waals surface area contributed by atoms with Crippen LogP contribution >= 0.6 is 0 Å². The minimum atomic E-state index is -0.603. The summed E-state index contributed by atoms with van der Waals surface area (Å²) < 4.78 is 24.9. The van der Waals surface area contributed by atoms with Crippen LogP contribution in [0.1, 0.15) is 5.76 Å². The van der Waals surface area contributed by atoms with Gasteiger partial charge in [0.25, 0.3) is 0 Å². The molecule has 1 atom stereocenters. The standard InChI is InChI=1S/C24H27FN2O4/c1-16-23(17-3-5-18(25)6-4-17)24(29)21-8-7-20(13-22(21)31-16)30-15-19(28)14-27-11-9-26(2)10-12-27/h3-8,13,19,28H,9-12,14-15H2,1-2H3/t19-/m1/s1. The normalized spacial score (nSPS) is 16.5. The van der Waals surface area contributed by atoms with E-state index in [0.717, 1.165) is 26.2 Å². The highest BCUT2D eigenvalue weighted by molar-refractivity contribution is 5.83. The van der Waals surface area contributed by atoms with Crippen LogP contribution in [0.4, 0.5) is 4.39 Å². The number of hydrogen-bond acceptors (Lipinski definition) is 6. The molecule has 0 spiro atoms. The fraction of sp³-hybridized carbons (Fsp3) is 0.375. The number of benzene rings is 2. The van der Waals surface area contributed by atoms with Gasteiger partial charge in [-0.3, -0.25) is 9.69 Å². The minimum absolute atomic E-state index is 0.161. The van der Waals surface area contributed by atoms with Gasteiger partial charge in [-0.1, -0.05) is 12.1 Å². The molecule has 0 radical (unpaired) electrons. The zero-order valence-corrected chi connectivity index (χ0v) is 17.8. The maximum absolute atomic E-state index is 13.2. The Kier molecular flexibility index (Phi) is 6.36. The number of aryl methyl sites for hydroxylation is 1. The molecule has 164 valence electrons. The number of likely N-dealkylation sites (N-methyl/N-ethyl adjacent to an activating group) is 1. The van der Waals surface area contributed by atoms with Crippen molar-refractivity contribution < 1.29 is 18.7 Å². The van der Waals surface area contributed by atoms with Gasteiger partial charge >= 0.3 is 0 Å². The number of piperazine rings is 1. The van der Waals surface area contributed by atoms with E-state index in [4.69, 9.17) is 9.15 Å². The molecule has 6 nitrogen and oxygen atoms in total. The summed E-state index contributed by atoms with van der Waals surface area (Å²) in [6.45, 7) is 6.31. The predicted octanol–water partition coefficient (Wildman–Crippen LogP) is 2.89. The maximum atomic E-state index is 13.2. The number of nitrogens with zero attached hydrogens (tertiary/aromatic N) is 2. The van der Waals surface area contributed by atoms with Crippen LogP contribution in [0.2, 0.25) is 0 Å². The fourth-order valence-corrected chi connectivity index (χ4v) is 3.90. The van der Waals surface area contributed by atoms with Crippen LogP contribution in [0.25, 0.3) is 22.1 Å². The number of aliphatic hydroxyl groups excluding tert-OH is 1. The Balaban J connectivity index is 1.47. The third-order valence-electron chi connectivity index (χ3n) is 5.68. The summed E-state index contributed by atoms with van der Waals surface area (Å²) in [7, 11) is 2.10. The number of aliphatic hydroxyl groups is 1. The molecule has 31 heavy (non-hydrogen) atoms. The molecule has 7 heteroatoms. The van der Waals surface area contributed by atoms with Gasteiger partial charge < -0.3 is 19.2 Å². The Bertz CT molecular complexity index is 1110. The SMILES string of the molecule is Cc1oc2cc(OC[C@H](O)CN3CCN(C)CC3)ccc2c(=O)c1-c1ccc(F)cc1. The molecule has 0 saturated carbocycles. The van der Waals surface area contributed by atoms with Crippen LogP contribution in [0, 0.1) is 12.7 Å². The Morgan fingerprint density at radius 1 is 1.13 bits per heavy atom. The summed E-state index contributed by atoms with van der Waals surface area (Å²) in [5.74, 6) is 0.626. The summed E-state index contributed by atoms with van der Waals surface area (Å²) in [4.78, 5) is 17.5. The van der Waals surface area contributed by atoms with Gasteiger partial charge in [0.15, 0.2) is 0 Å². The molecule has 0 aliphatic carbocycles. The molecule has 1 fully saturated rings. The highest BCUT2D eigenvalue weighted by atomic mass is 19.1. The molecular formula is C24H27FN2O4. The molecule has 4 rings (SSSR count). The van der Waals surface area contributed by atoms with E-state index in [0.29, 0.717) is 40.2 Å². The lowest BCUT2D eigenvalue weighted by atomic mass is 10.0. The Labute approximate surface area is 180 Å². The van der Waals surface area contributed by atoms with E-state index in [9.17, 15) is 14.3 Å². The molecule has 0 amide bonds. The first-order chi connectivity index (χ1) is 14.9. The fourth-order valence-electron chi connectivity index (χ4n) is 3.90. The second-order valence-electron chi connectivity index (χ2n) is 8.10. The number of fused-ring (bicyclic) bond motifs is 1. The van der Waals surface area contributed by atoms with E-state index in [1.54, 1.807) is 37.3 Å². The molecule has 2 aromatic carbocycles. The number of halogens is 1. The van der Waals surface area contributed by atoms with Gasteiger partial charge in [0, 0.05) is 38.8 Å². The smallest absolute Gasteiger partial charge is 0.200 e. The van der Waals surface area contributed by atoms with Crippen molar-refractivity contribution in [2.75, 3.05) is 46.4 Å². The lowest BCUT2D eigenvalue weighted by Gasteiger charge is -2.33. The molecule has 0 bridgehead atoms. The first-order valence-corrected chi connectivity index (χ1v) is 10.5. The van der Waals surface area contributed by atoms with Gasteiger partial charge in [0.05, 0.1) is 10.9 Å². The van der Waals surface area contributed by atoms with Crippen LogP contribution in [0.15, 0.2) is 51.7 Å². The molecule has 0 unspecified atom stereocenters. The monoisotopic (exact) mass is 426 g/mol. The molecule has 1 N–H and O–H groups in total. The molecule has 1 aromatic heterocycles. The van der Waals surface area contributed by atoms with Gasteiger partial charge in [-0.05, 0) is 43.8 Å². The molecular weight excluding hydrogens is 399 g/mol. The quantitative estimate of drug-likeness (QED) is 0.654. The van der Waals surface area contributed by atoms with Crippen molar-refractivity contribution in [3.05, 3.63) is 64.3 Å². The van der Waals surface area contributed by atoms with Gasteiger partial charge in [0.2, 0.25) is 5.43 Å². The summed E-state index contributed by atoms with van der Waals surface area (Å²) in [5.41, 5.74) is 1.28. The number of rotatable bonds is 6. The van der Waals surface area contributed by atoms with E-state index in [1.807, 2.05) is 0 Å². The average Bonchev–Trinajstić information content (AvgIpc) is 2.75. The van der Waals surface area contributed by atoms with E-state index < -0.39 is 6.10 Å².